The van der Waals surface area contributed by atoms with Crippen LogP contribution in [0.3, 0.4) is 0 Å². The SMILES string of the molecule is CC(C)c1ccc(Oc2cccc(OCc3cccc(C(F)(F)F)c3)c2)cc1. The summed E-state index contributed by atoms with van der Waals surface area (Å²) in [5.41, 5.74) is 0.992. The highest BCUT2D eigenvalue weighted by Gasteiger charge is 2.30. The summed E-state index contributed by atoms with van der Waals surface area (Å²) >= 11 is 0. The van der Waals surface area contributed by atoms with Gasteiger partial charge in [-0.2, -0.15) is 13.2 Å². The minimum atomic E-state index is -4.37. The quantitative estimate of drug-likeness (QED) is 0.446. The van der Waals surface area contributed by atoms with Crippen molar-refractivity contribution in [2.45, 2.75) is 32.5 Å². The largest absolute Gasteiger partial charge is 0.489 e. The maximum absolute atomic E-state index is 12.8. The van der Waals surface area contributed by atoms with Gasteiger partial charge >= 0.3 is 6.18 Å². The van der Waals surface area contributed by atoms with Gasteiger partial charge in [0.05, 0.1) is 5.56 Å². The Morgan fingerprint density at radius 3 is 2.14 bits per heavy atom. The molecule has 0 bridgehead atoms. The van der Waals surface area contributed by atoms with Crippen LogP contribution in [-0.2, 0) is 12.8 Å². The van der Waals surface area contributed by atoms with E-state index >= 15 is 0 Å². The Balaban J connectivity index is 1.65. The fourth-order valence-corrected chi connectivity index (χ4v) is 2.69. The molecule has 0 amide bonds. The summed E-state index contributed by atoms with van der Waals surface area (Å²) in [6.07, 6.45) is -4.37. The molecule has 0 spiro atoms. The first-order chi connectivity index (χ1) is 13.3. The summed E-state index contributed by atoms with van der Waals surface area (Å²) < 4.78 is 49.9. The molecule has 2 nitrogen and oxygen atoms in total. The lowest BCUT2D eigenvalue weighted by atomic mass is 10.0. The fraction of sp³-hybridized carbons (Fsp3) is 0.217. The minimum Gasteiger partial charge on any atom is -0.489 e. The molecule has 0 radical (unpaired) electrons. The lowest BCUT2D eigenvalue weighted by molar-refractivity contribution is -0.137. The Morgan fingerprint density at radius 2 is 1.46 bits per heavy atom. The lowest BCUT2D eigenvalue weighted by Gasteiger charge is -2.12. The molecule has 0 N–H and O–H groups in total. The summed E-state index contributed by atoms with van der Waals surface area (Å²) in [6.45, 7) is 4.29. The molecule has 0 saturated carbocycles. The van der Waals surface area contributed by atoms with Crippen LogP contribution in [0.1, 0.15) is 36.5 Å². The van der Waals surface area contributed by atoms with E-state index in [4.69, 9.17) is 9.47 Å². The van der Waals surface area contributed by atoms with Gasteiger partial charge in [0.2, 0.25) is 0 Å². The summed E-state index contributed by atoms with van der Waals surface area (Å²) in [5.74, 6) is 2.27. The van der Waals surface area contributed by atoms with E-state index < -0.39 is 11.7 Å². The van der Waals surface area contributed by atoms with Crippen molar-refractivity contribution in [2.75, 3.05) is 0 Å². The highest BCUT2D eigenvalue weighted by atomic mass is 19.4. The van der Waals surface area contributed by atoms with Gasteiger partial charge < -0.3 is 9.47 Å². The molecule has 5 heteroatoms. The molecule has 0 heterocycles. The zero-order valence-electron chi connectivity index (χ0n) is 15.7. The first kappa shape index (κ1) is 19.8. The molecule has 0 aliphatic carbocycles. The number of ether oxygens (including phenoxy) is 2. The zero-order valence-corrected chi connectivity index (χ0v) is 15.7. The molecule has 0 aromatic heterocycles. The van der Waals surface area contributed by atoms with Gasteiger partial charge in [0.1, 0.15) is 23.9 Å². The van der Waals surface area contributed by atoms with Gasteiger partial charge in [-0.05, 0) is 53.4 Å². The van der Waals surface area contributed by atoms with Crippen LogP contribution in [0.2, 0.25) is 0 Å². The molecule has 146 valence electrons. The van der Waals surface area contributed by atoms with Gasteiger partial charge in [0.15, 0.2) is 0 Å². The third kappa shape index (κ3) is 5.28. The maximum Gasteiger partial charge on any atom is 0.416 e. The van der Waals surface area contributed by atoms with Gasteiger partial charge in [0.25, 0.3) is 0 Å². The predicted molar refractivity (Wildman–Crippen MR) is 103 cm³/mol. The summed E-state index contributed by atoms with van der Waals surface area (Å²) in [7, 11) is 0. The smallest absolute Gasteiger partial charge is 0.416 e. The van der Waals surface area contributed by atoms with Crippen LogP contribution in [0.25, 0.3) is 0 Å². The number of rotatable bonds is 6. The molecule has 0 atom stereocenters. The van der Waals surface area contributed by atoms with Crippen LogP contribution in [-0.4, -0.2) is 0 Å². The Bertz CT molecular complexity index is 916. The van der Waals surface area contributed by atoms with Crippen LogP contribution in [0.4, 0.5) is 13.2 Å². The van der Waals surface area contributed by atoms with E-state index in [0.29, 0.717) is 28.7 Å². The van der Waals surface area contributed by atoms with Crippen molar-refractivity contribution in [3.8, 4) is 17.2 Å². The number of hydrogen-bond acceptors (Lipinski definition) is 2. The number of benzene rings is 3. The Morgan fingerprint density at radius 1 is 0.786 bits per heavy atom. The first-order valence-corrected chi connectivity index (χ1v) is 8.98. The molecular weight excluding hydrogens is 365 g/mol. The third-order valence-electron chi connectivity index (χ3n) is 4.25. The van der Waals surface area contributed by atoms with E-state index in [2.05, 4.69) is 13.8 Å². The van der Waals surface area contributed by atoms with Crippen LogP contribution >= 0.6 is 0 Å². The third-order valence-corrected chi connectivity index (χ3v) is 4.25. The monoisotopic (exact) mass is 386 g/mol. The normalized spacial score (nSPS) is 11.5. The van der Waals surface area contributed by atoms with E-state index in [1.807, 2.05) is 24.3 Å². The highest BCUT2D eigenvalue weighted by molar-refractivity contribution is 5.38. The van der Waals surface area contributed by atoms with E-state index in [1.54, 1.807) is 30.3 Å². The molecule has 0 fully saturated rings. The molecule has 0 aliphatic heterocycles. The summed E-state index contributed by atoms with van der Waals surface area (Å²) in [6, 6.07) is 20.0. The Hall–Kier alpha value is -2.95. The van der Waals surface area contributed by atoms with Crippen LogP contribution in [0.5, 0.6) is 17.2 Å². The van der Waals surface area contributed by atoms with E-state index in [9.17, 15) is 13.2 Å². The summed E-state index contributed by atoms with van der Waals surface area (Å²) in [5, 5.41) is 0. The molecular formula is C23H21F3O2. The average Bonchev–Trinajstić information content (AvgIpc) is 2.67. The molecule has 0 saturated heterocycles. The maximum atomic E-state index is 12.8. The van der Waals surface area contributed by atoms with E-state index in [0.717, 1.165) is 12.1 Å². The second kappa shape index (κ2) is 8.38. The average molecular weight is 386 g/mol. The second-order valence-corrected chi connectivity index (χ2v) is 6.79. The molecule has 28 heavy (non-hydrogen) atoms. The van der Waals surface area contributed by atoms with Crippen LogP contribution < -0.4 is 9.47 Å². The molecule has 0 aliphatic rings. The van der Waals surface area contributed by atoms with E-state index in [1.165, 1.54) is 11.6 Å². The minimum absolute atomic E-state index is 0.0382. The van der Waals surface area contributed by atoms with E-state index in [-0.39, 0.29) is 6.61 Å². The van der Waals surface area contributed by atoms with Crippen molar-refractivity contribution in [3.05, 3.63) is 89.5 Å². The number of halogens is 3. The van der Waals surface area contributed by atoms with Crippen molar-refractivity contribution in [2.24, 2.45) is 0 Å². The summed E-state index contributed by atoms with van der Waals surface area (Å²) in [4.78, 5) is 0. The molecule has 3 aromatic rings. The van der Waals surface area contributed by atoms with Gasteiger partial charge in [-0.3, -0.25) is 0 Å². The number of alkyl halides is 3. The van der Waals surface area contributed by atoms with Gasteiger partial charge in [-0.25, -0.2) is 0 Å². The van der Waals surface area contributed by atoms with Gasteiger partial charge in [-0.15, -0.1) is 0 Å². The first-order valence-electron chi connectivity index (χ1n) is 8.98. The lowest BCUT2D eigenvalue weighted by Crippen LogP contribution is -2.06. The van der Waals surface area contributed by atoms with Crippen LogP contribution in [0.15, 0.2) is 72.8 Å². The molecule has 0 unspecified atom stereocenters. The molecule has 3 rings (SSSR count). The standard InChI is InChI=1S/C23H21F3O2/c1-16(2)18-9-11-20(12-10-18)28-22-8-4-7-21(14-22)27-15-17-5-3-6-19(13-17)23(24,25)26/h3-14,16H,15H2,1-2H3. The zero-order chi connectivity index (χ0) is 20.1. The molecule has 3 aromatic carbocycles. The Labute approximate surface area is 162 Å². The van der Waals surface area contributed by atoms with Crippen molar-refractivity contribution in [1.82, 2.24) is 0 Å². The van der Waals surface area contributed by atoms with Gasteiger partial charge in [-0.1, -0.05) is 44.2 Å². The van der Waals surface area contributed by atoms with Crippen molar-refractivity contribution >= 4 is 0 Å². The predicted octanol–water partition coefficient (Wildman–Crippen LogP) is 7.20. The second-order valence-electron chi connectivity index (χ2n) is 6.79. The van der Waals surface area contributed by atoms with Crippen molar-refractivity contribution in [1.29, 1.82) is 0 Å². The van der Waals surface area contributed by atoms with Crippen LogP contribution in [0, 0.1) is 0 Å². The van der Waals surface area contributed by atoms with Gasteiger partial charge in [0, 0.05) is 6.07 Å². The topological polar surface area (TPSA) is 18.5 Å². The highest BCUT2D eigenvalue weighted by Crippen LogP contribution is 2.30. The number of hydrogen-bond donors (Lipinski definition) is 0. The van der Waals surface area contributed by atoms with Crippen molar-refractivity contribution in [3.63, 3.8) is 0 Å². The van der Waals surface area contributed by atoms with Crippen molar-refractivity contribution < 1.29 is 22.6 Å². The Kier molecular flexibility index (Phi) is 5.93. The fourth-order valence-electron chi connectivity index (χ4n) is 2.69.